The van der Waals surface area contributed by atoms with Crippen molar-refractivity contribution in [3.63, 3.8) is 0 Å². The highest BCUT2D eigenvalue weighted by Crippen LogP contribution is 2.21. The molecule has 1 unspecified atom stereocenters. The second kappa shape index (κ2) is 8.67. The summed E-state index contributed by atoms with van der Waals surface area (Å²) in [6.07, 6.45) is 2.61. The van der Waals surface area contributed by atoms with Gasteiger partial charge in [-0.3, -0.25) is 4.79 Å². The fourth-order valence-electron chi connectivity index (χ4n) is 2.26. The van der Waals surface area contributed by atoms with E-state index in [1.54, 1.807) is 0 Å². The van der Waals surface area contributed by atoms with E-state index in [9.17, 15) is 4.79 Å². The second-order valence-corrected chi connectivity index (χ2v) is 5.66. The first-order valence-corrected chi connectivity index (χ1v) is 7.73. The van der Waals surface area contributed by atoms with Crippen LogP contribution in [-0.4, -0.2) is 24.6 Å². The third kappa shape index (κ3) is 6.17. The van der Waals surface area contributed by atoms with Gasteiger partial charge in [-0.05, 0) is 44.7 Å². The van der Waals surface area contributed by atoms with Crippen LogP contribution < -0.4 is 15.8 Å². The van der Waals surface area contributed by atoms with Gasteiger partial charge in [0.2, 0.25) is 0 Å². The Morgan fingerprint density at radius 2 is 2.00 bits per heavy atom. The zero-order chi connectivity index (χ0) is 15.8. The van der Waals surface area contributed by atoms with Crippen molar-refractivity contribution in [1.82, 2.24) is 5.32 Å². The molecule has 118 valence electrons. The molecule has 1 amide bonds. The summed E-state index contributed by atoms with van der Waals surface area (Å²) in [4.78, 5) is 11.9. The lowest BCUT2D eigenvalue weighted by Crippen LogP contribution is -2.37. The molecule has 0 fully saturated rings. The lowest BCUT2D eigenvalue weighted by Gasteiger charge is -2.17. The number of nitrogens with two attached hydrogens (primary N) is 1. The Bertz CT molecular complexity index is 454. The van der Waals surface area contributed by atoms with Crippen LogP contribution in [0.1, 0.15) is 44.7 Å². The van der Waals surface area contributed by atoms with Crippen molar-refractivity contribution in [3.8, 4) is 5.75 Å². The monoisotopic (exact) mass is 292 g/mol. The molecule has 1 rings (SSSR count). The Kier molecular flexibility index (Phi) is 7.23. The fourth-order valence-corrected chi connectivity index (χ4v) is 2.26. The van der Waals surface area contributed by atoms with Crippen LogP contribution in [0.5, 0.6) is 5.75 Å². The number of hydrogen-bond donors (Lipinski definition) is 2. The van der Waals surface area contributed by atoms with Gasteiger partial charge in [-0.2, -0.15) is 0 Å². The number of amides is 1. The summed E-state index contributed by atoms with van der Waals surface area (Å²) in [7, 11) is 0. The highest BCUT2D eigenvalue weighted by molar-refractivity contribution is 5.77. The van der Waals surface area contributed by atoms with Gasteiger partial charge in [0, 0.05) is 12.1 Å². The quantitative estimate of drug-likeness (QED) is 0.774. The van der Waals surface area contributed by atoms with Gasteiger partial charge in [-0.25, -0.2) is 0 Å². The number of aryl methyl sites for hydroxylation is 1. The van der Waals surface area contributed by atoms with Crippen LogP contribution in [0.2, 0.25) is 0 Å². The predicted octanol–water partition coefficient (Wildman–Crippen LogP) is 2.57. The van der Waals surface area contributed by atoms with Gasteiger partial charge in [0.25, 0.3) is 5.91 Å². The molecule has 0 radical (unpaired) electrons. The van der Waals surface area contributed by atoms with Crippen LogP contribution in [0.15, 0.2) is 18.2 Å². The van der Waals surface area contributed by atoms with Crippen LogP contribution in [0.3, 0.4) is 0 Å². The molecule has 1 aromatic carbocycles. The van der Waals surface area contributed by atoms with Crippen molar-refractivity contribution in [2.24, 2.45) is 5.73 Å². The van der Waals surface area contributed by atoms with E-state index in [4.69, 9.17) is 10.5 Å². The number of nitrogens with one attached hydrogen (secondary N) is 1. The van der Waals surface area contributed by atoms with Crippen molar-refractivity contribution in [2.75, 3.05) is 6.61 Å². The molecule has 0 aromatic heterocycles. The van der Waals surface area contributed by atoms with E-state index in [0.29, 0.717) is 0 Å². The van der Waals surface area contributed by atoms with Crippen LogP contribution in [0.25, 0.3) is 0 Å². The Morgan fingerprint density at radius 1 is 1.33 bits per heavy atom. The van der Waals surface area contributed by atoms with E-state index < -0.39 is 0 Å². The van der Waals surface area contributed by atoms with E-state index in [2.05, 4.69) is 25.2 Å². The third-order valence-corrected chi connectivity index (χ3v) is 3.47. The lowest BCUT2D eigenvalue weighted by molar-refractivity contribution is -0.123. The van der Waals surface area contributed by atoms with Gasteiger partial charge in [-0.15, -0.1) is 0 Å². The second-order valence-electron chi connectivity index (χ2n) is 5.66. The van der Waals surface area contributed by atoms with E-state index in [1.807, 2.05) is 26.0 Å². The van der Waals surface area contributed by atoms with Crippen molar-refractivity contribution < 1.29 is 9.53 Å². The van der Waals surface area contributed by atoms with Crippen LogP contribution in [0, 0.1) is 6.92 Å². The topological polar surface area (TPSA) is 64.3 Å². The number of hydrogen-bond acceptors (Lipinski definition) is 3. The summed E-state index contributed by atoms with van der Waals surface area (Å²) in [5, 5.41) is 2.97. The maximum atomic E-state index is 11.9. The normalized spacial score (nSPS) is 12.3. The van der Waals surface area contributed by atoms with Crippen LogP contribution in [0.4, 0.5) is 0 Å². The third-order valence-electron chi connectivity index (χ3n) is 3.47. The summed E-state index contributed by atoms with van der Waals surface area (Å²) in [6.45, 7) is 8.18. The standard InChI is InChI=1S/C17H28N2O2/c1-5-15(6-2)19-17(20)11-21-16-8-7-12(3)9-14(16)10-13(4)18/h7-9,13,15H,5-6,10-11,18H2,1-4H3,(H,19,20). The molecule has 4 heteroatoms. The largest absolute Gasteiger partial charge is 0.483 e. The zero-order valence-corrected chi connectivity index (χ0v) is 13.6. The molecule has 3 N–H and O–H groups in total. The van der Waals surface area contributed by atoms with Gasteiger partial charge < -0.3 is 15.8 Å². The molecule has 21 heavy (non-hydrogen) atoms. The van der Waals surface area contributed by atoms with E-state index in [1.165, 1.54) is 5.56 Å². The molecule has 0 spiro atoms. The highest BCUT2D eigenvalue weighted by Gasteiger charge is 2.11. The minimum Gasteiger partial charge on any atom is -0.483 e. The number of rotatable bonds is 8. The lowest BCUT2D eigenvalue weighted by atomic mass is 10.0. The van der Waals surface area contributed by atoms with Gasteiger partial charge in [-0.1, -0.05) is 31.5 Å². The first-order chi connectivity index (χ1) is 9.96. The molecule has 0 aliphatic carbocycles. The molecule has 0 heterocycles. The van der Waals surface area contributed by atoms with Gasteiger partial charge >= 0.3 is 0 Å². The van der Waals surface area contributed by atoms with Gasteiger partial charge in [0.05, 0.1) is 0 Å². The number of carbonyl (C=O) groups is 1. The molecule has 0 saturated heterocycles. The molecule has 1 atom stereocenters. The molecular formula is C17H28N2O2. The van der Waals surface area contributed by atoms with Gasteiger partial charge in [0.1, 0.15) is 5.75 Å². The molecule has 0 saturated carbocycles. The molecule has 0 aliphatic rings. The summed E-state index contributed by atoms with van der Waals surface area (Å²) < 4.78 is 5.68. The van der Waals surface area contributed by atoms with Crippen molar-refractivity contribution in [2.45, 2.75) is 59.0 Å². The summed E-state index contributed by atoms with van der Waals surface area (Å²) in [5.74, 6) is 0.675. The predicted molar refractivity (Wildman–Crippen MR) is 86.5 cm³/mol. The fraction of sp³-hybridized carbons (Fsp3) is 0.588. The number of benzene rings is 1. The molecule has 0 bridgehead atoms. The Balaban J connectivity index is 2.64. The zero-order valence-electron chi connectivity index (χ0n) is 13.6. The first-order valence-electron chi connectivity index (χ1n) is 7.73. The molecule has 1 aromatic rings. The summed E-state index contributed by atoms with van der Waals surface area (Å²) in [6, 6.07) is 6.25. The average Bonchev–Trinajstić information content (AvgIpc) is 2.43. The smallest absolute Gasteiger partial charge is 0.258 e. The maximum Gasteiger partial charge on any atom is 0.258 e. The van der Waals surface area contributed by atoms with Crippen molar-refractivity contribution >= 4 is 5.91 Å². The maximum absolute atomic E-state index is 11.9. The average molecular weight is 292 g/mol. The summed E-state index contributed by atoms with van der Waals surface area (Å²) >= 11 is 0. The van der Waals surface area contributed by atoms with E-state index >= 15 is 0 Å². The highest BCUT2D eigenvalue weighted by atomic mass is 16.5. The Labute approximate surface area is 128 Å². The molecule has 0 aliphatic heterocycles. The number of ether oxygens (including phenoxy) is 1. The SMILES string of the molecule is CCC(CC)NC(=O)COc1ccc(C)cc1CC(C)N. The van der Waals surface area contributed by atoms with E-state index in [0.717, 1.165) is 30.6 Å². The Morgan fingerprint density at radius 3 is 2.57 bits per heavy atom. The van der Waals surface area contributed by atoms with E-state index in [-0.39, 0.29) is 24.6 Å². The minimum atomic E-state index is -0.0731. The van der Waals surface area contributed by atoms with Crippen molar-refractivity contribution in [1.29, 1.82) is 0 Å². The number of carbonyl (C=O) groups excluding carboxylic acids is 1. The summed E-state index contributed by atoms with van der Waals surface area (Å²) in [5.41, 5.74) is 8.09. The Hall–Kier alpha value is -1.55. The van der Waals surface area contributed by atoms with Crippen molar-refractivity contribution in [3.05, 3.63) is 29.3 Å². The van der Waals surface area contributed by atoms with Gasteiger partial charge in [0.15, 0.2) is 6.61 Å². The molecular weight excluding hydrogens is 264 g/mol. The first kappa shape index (κ1) is 17.5. The van der Waals surface area contributed by atoms with Crippen LogP contribution >= 0.6 is 0 Å². The minimum absolute atomic E-state index is 0.0471. The molecule has 4 nitrogen and oxygen atoms in total. The van der Waals surface area contributed by atoms with Crippen LogP contribution in [-0.2, 0) is 11.2 Å².